The van der Waals surface area contributed by atoms with Crippen LogP contribution in [0, 0.1) is 0 Å². The summed E-state index contributed by atoms with van der Waals surface area (Å²) in [5.74, 6) is 0.881. The summed E-state index contributed by atoms with van der Waals surface area (Å²) in [5.41, 5.74) is 0.980. The Labute approximate surface area is 158 Å². The SMILES string of the molecule is CCn1ccnc1CNCc1cccc(N2C(=O)NC3(CCCC3)C2=O)c1. The summed E-state index contributed by atoms with van der Waals surface area (Å²) in [7, 11) is 0. The van der Waals surface area contributed by atoms with E-state index in [2.05, 4.69) is 27.1 Å². The highest BCUT2D eigenvalue weighted by molar-refractivity contribution is 6.23. The molecule has 7 heteroatoms. The lowest BCUT2D eigenvalue weighted by Crippen LogP contribution is -2.44. The number of urea groups is 1. The first-order valence-electron chi connectivity index (χ1n) is 9.59. The molecule has 2 aliphatic rings. The lowest BCUT2D eigenvalue weighted by atomic mass is 9.98. The molecule has 0 bridgehead atoms. The zero-order chi connectivity index (χ0) is 18.9. The van der Waals surface area contributed by atoms with E-state index in [1.807, 2.05) is 30.5 Å². The molecule has 27 heavy (non-hydrogen) atoms. The van der Waals surface area contributed by atoms with Crippen molar-refractivity contribution in [3.05, 3.63) is 48.0 Å². The van der Waals surface area contributed by atoms with Gasteiger partial charge >= 0.3 is 6.03 Å². The van der Waals surface area contributed by atoms with Crippen LogP contribution in [0.2, 0.25) is 0 Å². The van der Waals surface area contributed by atoms with Gasteiger partial charge < -0.3 is 15.2 Å². The molecule has 1 aliphatic carbocycles. The van der Waals surface area contributed by atoms with Crippen molar-refractivity contribution in [3.63, 3.8) is 0 Å². The normalized spacial score (nSPS) is 18.5. The van der Waals surface area contributed by atoms with Gasteiger partial charge in [0.2, 0.25) is 0 Å². The van der Waals surface area contributed by atoms with Crippen molar-refractivity contribution in [1.82, 2.24) is 20.2 Å². The zero-order valence-electron chi connectivity index (χ0n) is 15.6. The first-order valence-corrected chi connectivity index (χ1v) is 9.59. The van der Waals surface area contributed by atoms with E-state index in [0.717, 1.165) is 43.6 Å². The smallest absolute Gasteiger partial charge is 0.329 e. The summed E-state index contributed by atoms with van der Waals surface area (Å²) < 4.78 is 2.09. The zero-order valence-corrected chi connectivity index (χ0v) is 15.6. The van der Waals surface area contributed by atoms with Gasteiger partial charge in [-0.25, -0.2) is 14.7 Å². The van der Waals surface area contributed by atoms with Crippen molar-refractivity contribution in [2.45, 2.75) is 57.8 Å². The second kappa shape index (κ2) is 7.15. The molecule has 1 aromatic carbocycles. The average Bonchev–Trinajstić information content (AvgIpc) is 3.37. The molecule has 3 amide bonds. The number of benzene rings is 1. The number of nitrogens with zero attached hydrogens (tertiary/aromatic N) is 3. The molecule has 2 aromatic rings. The summed E-state index contributed by atoms with van der Waals surface area (Å²) in [4.78, 5) is 31.0. The van der Waals surface area contributed by atoms with Crippen LogP contribution in [-0.2, 0) is 24.4 Å². The van der Waals surface area contributed by atoms with Gasteiger partial charge in [-0.3, -0.25) is 4.79 Å². The minimum atomic E-state index is -0.678. The van der Waals surface area contributed by atoms with E-state index >= 15 is 0 Å². The van der Waals surface area contributed by atoms with Crippen molar-refractivity contribution >= 4 is 17.6 Å². The Morgan fingerprint density at radius 3 is 2.81 bits per heavy atom. The van der Waals surface area contributed by atoms with Crippen LogP contribution in [0.5, 0.6) is 0 Å². The molecule has 142 valence electrons. The van der Waals surface area contributed by atoms with E-state index in [1.165, 1.54) is 4.90 Å². The van der Waals surface area contributed by atoms with Gasteiger partial charge in [0.05, 0.1) is 12.2 Å². The van der Waals surface area contributed by atoms with Crippen LogP contribution < -0.4 is 15.5 Å². The Morgan fingerprint density at radius 2 is 2.04 bits per heavy atom. The predicted octanol–water partition coefficient (Wildman–Crippen LogP) is 2.56. The molecular formula is C20H25N5O2. The number of aromatic nitrogens is 2. The third-order valence-electron chi connectivity index (χ3n) is 5.54. The van der Waals surface area contributed by atoms with E-state index in [9.17, 15) is 9.59 Å². The molecule has 1 spiro atoms. The molecule has 0 radical (unpaired) electrons. The van der Waals surface area contributed by atoms with Gasteiger partial charge in [-0.15, -0.1) is 0 Å². The number of nitrogens with one attached hydrogen (secondary N) is 2. The summed E-state index contributed by atoms with van der Waals surface area (Å²) in [6, 6.07) is 7.30. The van der Waals surface area contributed by atoms with Crippen LogP contribution in [0.3, 0.4) is 0 Å². The second-order valence-corrected chi connectivity index (χ2v) is 7.26. The van der Waals surface area contributed by atoms with Crippen molar-refractivity contribution in [3.8, 4) is 0 Å². The monoisotopic (exact) mass is 367 g/mol. The quantitative estimate of drug-likeness (QED) is 0.769. The molecule has 0 atom stereocenters. The molecule has 4 rings (SSSR count). The first-order chi connectivity index (χ1) is 13.1. The third kappa shape index (κ3) is 3.23. The molecule has 1 saturated carbocycles. The van der Waals surface area contributed by atoms with Crippen molar-refractivity contribution < 1.29 is 9.59 Å². The standard InChI is InChI=1S/C20H25N5O2/c1-2-24-11-10-22-17(24)14-21-13-15-6-5-7-16(12-15)25-18(26)20(23-19(25)27)8-3-4-9-20/h5-7,10-12,21H,2-4,8-9,13-14H2,1H3,(H,23,27). The molecule has 7 nitrogen and oxygen atoms in total. The van der Waals surface area contributed by atoms with Crippen molar-refractivity contribution in [1.29, 1.82) is 0 Å². The summed E-state index contributed by atoms with van der Waals surface area (Å²) in [6.07, 6.45) is 7.21. The number of aryl methyl sites for hydroxylation is 1. The Morgan fingerprint density at radius 1 is 1.22 bits per heavy atom. The second-order valence-electron chi connectivity index (χ2n) is 7.26. The van der Waals surface area contributed by atoms with Gasteiger partial charge in [0.25, 0.3) is 5.91 Å². The molecule has 1 aliphatic heterocycles. The van der Waals surface area contributed by atoms with E-state index in [4.69, 9.17) is 0 Å². The highest BCUT2D eigenvalue weighted by Crippen LogP contribution is 2.37. The summed E-state index contributed by atoms with van der Waals surface area (Å²) in [5, 5.41) is 6.31. The first kappa shape index (κ1) is 17.7. The minimum Gasteiger partial charge on any atom is -0.334 e. The van der Waals surface area contributed by atoms with Crippen LogP contribution in [-0.4, -0.2) is 27.0 Å². The van der Waals surface area contributed by atoms with E-state index in [0.29, 0.717) is 18.8 Å². The number of carbonyl (C=O) groups excluding carboxylic acids is 2. The van der Waals surface area contributed by atoms with Gasteiger partial charge in [0, 0.05) is 25.5 Å². The summed E-state index contributed by atoms with van der Waals surface area (Å²) >= 11 is 0. The maximum absolute atomic E-state index is 12.9. The van der Waals surface area contributed by atoms with Crippen molar-refractivity contribution in [2.75, 3.05) is 4.90 Å². The number of anilines is 1. The lowest BCUT2D eigenvalue weighted by molar-refractivity contribution is -0.121. The highest BCUT2D eigenvalue weighted by atomic mass is 16.2. The average molecular weight is 367 g/mol. The summed E-state index contributed by atoms with van der Waals surface area (Å²) in [6.45, 7) is 4.28. The molecule has 1 saturated heterocycles. The number of carbonyl (C=O) groups is 2. The molecule has 2 heterocycles. The number of imide groups is 1. The largest absolute Gasteiger partial charge is 0.334 e. The number of rotatable bonds is 6. The lowest BCUT2D eigenvalue weighted by Gasteiger charge is -2.20. The van der Waals surface area contributed by atoms with Crippen molar-refractivity contribution in [2.24, 2.45) is 0 Å². The topological polar surface area (TPSA) is 79.3 Å². The van der Waals surface area contributed by atoms with E-state index in [-0.39, 0.29) is 11.9 Å². The Kier molecular flexibility index (Phi) is 4.70. The van der Waals surface area contributed by atoms with E-state index < -0.39 is 5.54 Å². The molecule has 0 unspecified atom stereocenters. The van der Waals surface area contributed by atoms with Gasteiger partial charge in [-0.1, -0.05) is 25.0 Å². The fourth-order valence-corrected chi connectivity index (χ4v) is 4.09. The Bertz CT molecular complexity index is 854. The number of imidazole rings is 1. The van der Waals surface area contributed by atoms with Gasteiger partial charge in [-0.05, 0) is 37.5 Å². The number of hydrogen-bond donors (Lipinski definition) is 2. The van der Waals surface area contributed by atoms with E-state index in [1.54, 1.807) is 6.20 Å². The highest BCUT2D eigenvalue weighted by Gasteiger charge is 2.52. The predicted molar refractivity (Wildman–Crippen MR) is 102 cm³/mol. The van der Waals surface area contributed by atoms with Crippen LogP contribution in [0.4, 0.5) is 10.5 Å². The van der Waals surface area contributed by atoms with Crippen LogP contribution >= 0.6 is 0 Å². The van der Waals surface area contributed by atoms with Gasteiger partial charge in [0.15, 0.2) is 0 Å². The van der Waals surface area contributed by atoms with Gasteiger partial charge in [0.1, 0.15) is 11.4 Å². The van der Waals surface area contributed by atoms with Gasteiger partial charge in [-0.2, -0.15) is 0 Å². The molecule has 1 aromatic heterocycles. The molecule has 2 N–H and O–H groups in total. The maximum Gasteiger partial charge on any atom is 0.329 e. The maximum atomic E-state index is 12.9. The fourth-order valence-electron chi connectivity index (χ4n) is 4.09. The molecule has 2 fully saturated rings. The van der Waals surface area contributed by atoms with Crippen LogP contribution in [0.15, 0.2) is 36.7 Å². The Hall–Kier alpha value is -2.67. The fraction of sp³-hybridized carbons (Fsp3) is 0.450. The minimum absolute atomic E-state index is 0.111. The third-order valence-corrected chi connectivity index (χ3v) is 5.54. The number of amides is 3. The Balaban J connectivity index is 1.45. The van der Waals surface area contributed by atoms with Crippen LogP contribution in [0.25, 0.3) is 0 Å². The molecular weight excluding hydrogens is 342 g/mol. The van der Waals surface area contributed by atoms with Crippen LogP contribution in [0.1, 0.15) is 44.0 Å². The number of hydrogen-bond acceptors (Lipinski definition) is 4.